The van der Waals surface area contributed by atoms with Crippen LogP contribution >= 0.6 is 0 Å². The van der Waals surface area contributed by atoms with Crippen LogP contribution in [-0.4, -0.2) is 16.1 Å². The first-order chi connectivity index (χ1) is 10.7. The van der Waals surface area contributed by atoms with E-state index in [0.29, 0.717) is 0 Å². The zero-order valence-corrected chi connectivity index (χ0v) is 12.7. The van der Waals surface area contributed by atoms with E-state index in [2.05, 4.69) is 40.0 Å². The first-order valence-electron chi connectivity index (χ1n) is 7.59. The third kappa shape index (κ3) is 3.52. The van der Waals surface area contributed by atoms with Gasteiger partial charge in [-0.15, -0.1) is 0 Å². The molecule has 0 spiro atoms. The standard InChI is InChI=1S/C18H20FN3/c1-14-3-8-17-18(11-14)22(13-21-17)10-2-9-20-12-15-4-6-16(19)7-5-15/h3-8,11,13,20H,2,9-10,12H2,1H3. The van der Waals surface area contributed by atoms with Crippen LogP contribution in [-0.2, 0) is 13.1 Å². The van der Waals surface area contributed by atoms with E-state index >= 15 is 0 Å². The highest BCUT2D eigenvalue weighted by molar-refractivity contribution is 5.75. The van der Waals surface area contributed by atoms with Crippen LogP contribution in [0.1, 0.15) is 17.5 Å². The summed E-state index contributed by atoms with van der Waals surface area (Å²) >= 11 is 0. The Morgan fingerprint density at radius 2 is 1.95 bits per heavy atom. The number of benzene rings is 2. The highest BCUT2D eigenvalue weighted by atomic mass is 19.1. The van der Waals surface area contributed by atoms with E-state index in [4.69, 9.17) is 0 Å². The summed E-state index contributed by atoms with van der Waals surface area (Å²) < 4.78 is 15.0. The maximum Gasteiger partial charge on any atom is 0.123 e. The van der Waals surface area contributed by atoms with Gasteiger partial charge in [-0.05, 0) is 55.3 Å². The van der Waals surface area contributed by atoms with E-state index in [0.717, 1.165) is 37.1 Å². The summed E-state index contributed by atoms with van der Waals surface area (Å²) in [5.41, 5.74) is 4.59. The molecule has 0 fully saturated rings. The number of hydrogen-bond acceptors (Lipinski definition) is 2. The number of hydrogen-bond donors (Lipinski definition) is 1. The Morgan fingerprint density at radius 3 is 2.77 bits per heavy atom. The number of rotatable bonds is 6. The Hall–Kier alpha value is -2.20. The second kappa shape index (κ2) is 6.71. The average Bonchev–Trinajstić information content (AvgIpc) is 2.91. The molecule has 0 aliphatic rings. The molecule has 4 heteroatoms. The van der Waals surface area contributed by atoms with Crippen molar-refractivity contribution in [1.29, 1.82) is 0 Å². The lowest BCUT2D eigenvalue weighted by atomic mass is 10.2. The van der Waals surface area contributed by atoms with Crippen molar-refractivity contribution < 1.29 is 4.39 Å². The predicted octanol–water partition coefficient (Wildman–Crippen LogP) is 3.66. The Labute approximate surface area is 129 Å². The minimum absolute atomic E-state index is 0.189. The van der Waals surface area contributed by atoms with Crippen LogP contribution in [0.4, 0.5) is 4.39 Å². The fourth-order valence-corrected chi connectivity index (χ4v) is 2.55. The Kier molecular flexibility index (Phi) is 4.49. The molecule has 2 aromatic carbocycles. The van der Waals surface area contributed by atoms with E-state index in [-0.39, 0.29) is 5.82 Å². The smallest absolute Gasteiger partial charge is 0.123 e. The second-order valence-corrected chi connectivity index (χ2v) is 5.59. The normalized spacial score (nSPS) is 11.2. The average molecular weight is 297 g/mol. The van der Waals surface area contributed by atoms with E-state index < -0.39 is 0 Å². The first-order valence-corrected chi connectivity index (χ1v) is 7.59. The lowest BCUT2D eigenvalue weighted by Crippen LogP contribution is -2.16. The number of aryl methyl sites for hydroxylation is 2. The van der Waals surface area contributed by atoms with Crippen LogP contribution in [0.2, 0.25) is 0 Å². The molecular formula is C18H20FN3. The molecule has 0 unspecified atom stereocenters. The molecule has 3 aromatic rings. The van der Waals surface area contributed by atoms with Gasteiger partial charge >= 0.3 is 0 Å². The van der Waals surface area contributed by atoms with Gasteiger partial charge in [0.2, 0.25) is 0 Å². The quantitative estimate of drug-likeness (QED) is 0.704. The van der Waals surface area contributed by atoms with Gasteiger partial charge in [-0.25, -0.2) is 9.37 Å². The van der Waals surface area contributed by atoms with Crippen LogP contribution < -0.4 is 5.32 Å². The van der Waals surface area contributed by atoms with Crippen molar-refractivity contribution in [2.45, 2.75) is 26.4 Å². The van der Waals surface area contributed by atoms with E-state index in [1.54, 1.807) is 0 Å². The largest absolute Gasteiger partial charge is 0.331 e. The highest BCUT2D eigenvalue weighted by Gasteiger charge is 2.02. The maximum atomic E-state index is 12.8. The number of nitrogens with zero attached hydrogens (tertiary/aromatic N) is 2. The van der Waals surface area contributed by atoms with Crippen molar-refractivity contribution in [3.05, 3.63) is 65.7 Å². The van der Waals surface area contributed by atoms with E-state index in [9.17, 15) is 4.39 Å². The number of nitrogens with one attached hydrogen (secondary N) is 1. The molecule has 0 amide bonds. The van der Waals surface area contributed by atoms with E-state index in [1.165, 1.54) is 23.2 Å². The predicted molar refractivity (Wildman–Crippen MR) is 87.2 cm³/mol. The monoisotopic (exact) mass is 297 g/mol. The highest BCUT2D eigenvalue weighted by Crippen LogP contribution is 2.14. The number of fused-ring (bicyclic) bond motifs is 1. The molecule has 0 saturated heterocycles. The SMILES string of the molecule is Cc1ccc2ncn(CCCNCc3ccc(F)cc3)c2c1. The summed E-state index contributed by atoms with van der Waals surface area (Å²) in [4.78, 5) is 4.42. The fourth-order valence-electron chi connectivity index (χ4n) is 2.55. The van der Waals surface area contributed by atoms with Crippen LogP contribution in [0.25, 0.3) is 11.0 Å². The summed E-state index contributed by atoms with van der Waals surface area (Å²) in [5.74, 6) is -0.189. The van der Waals surface area contributed by atoms with E-state index in [1.807, 2.05) is 18.5 Å². The lowest BCUT2D eigenvalue weighted by molar-refractivity contribution is 0.587. The molecule has 0 radical (unpaired) electrons. The van der Waals surface area contributed by atoms with Gasteiger partial charge in [-0.1, -0.05) is 18.2 Å². The van der Waals surface area contributed by atoms with Crippen molar-refractivity contribution in [3.63, 3.8) is 0 Å². The fraction of sp³-hybridized carbons (Fsp3) is 0.278. The summed E-state index contributed by atoms with van der Waals surface area (Å²) in [6, 6.07) is 12.9. The van der Waals surface area contributed by atoms with Crippen molar-refractivity contribution in [3.8, 4) is 0 Å². The molecule has 1 aromatic heterocycles. The summed E-state index contributed by atoms with van der Waals surface area (Å²) in [7, 11) is 0. The minimum atomic E-state index is -0.189. The molecular weight excluding hydrogens is 277 g/mol. The zero-order chi connectivity index (χ0) is 15.4. The topological polar surface area (TPSA) is 29.9 Å². The third-order valence-electron chi connectivity index (χ3n) is 3.77. The first kappa shape index (κ1) is 14.7. The molecule has 0 bridgehead atoms. The minimum Gasteiger partial charge on any atom is -0.331 e. The molecule has 1 heterocycles. The van der Waals surface area contributed by atoms with Crippen molar-refractivity contribution in [2.75, 3.05) is 6.54 Å². The van der Waals surface area contributed by atoms with Gasteiger partial charge in [0.1, 0.15) is 5.82 Å². The van der Waals surface area contributed by atoms with Gasteiger partial charge in [0.25, 0.3) is 0 Å². The molecule has 1 N–H and O–H groups in total. The number of halogens is 1. The molecule has 0 aliphatic carbocycles. The Morgan fingerprint density at radius 1 is 1.14 bits per heavy atom. The van der Waals surface area contributed by atoms with Crippen molar-refractivity contribution in [2.24, 2.45) is 0 Å². The van der Waals surface area contributed by atoms with Crippen LogP contribution in [0, 0.1) is 12.7 Å². The van der Waals surface area contributed by atoms with Gasteiger partial charge in [0, 0.05) is 13.1 Å². The second-order valence-electron chi connectivity index (χ2n) is 5.59. The molecule has 3 nitrogen and oxygen atoms in total. The number of imidazole rings is 1. The van der Waals surface area contributed by atoms with Crippen LogP contribution in [0.3, 0.4) is 0 Å². The van der Waals surface area contributed by atoms with Crippen molar-refractivity contribution >= 4 is 11.0 Å². The van der Waals surface area contributed by atoms with Gasteiger partial charge in [0.15, 0.2) is 0 Å². The van der Waals surface area contributed by atoms with Gasteiger partial charge < -0.3 is 9.88 Å². The summed E-state index contributed by atoms with van der Waals surface area (Å²) in [6.45, 7) is 4.73. The van der Waals surface area contributed by atoms with Crippen LogP contribution in [0.15, 0.2) is 48.8 Å². The van der Waals surface area contributed by atoms with Gasteiger partial charge in [0.05, 0.1) is 17.4 Å². The molecule has 114 valence electrons. The zero-order valence-electron chi connectivity index (χ0n) is 12.7. The van der Waals surface area contributed by atoms with Gasteiger partial charge in [-0.3, -0.25) is 0 Å². The maximum absolute atomic E-state index is 12.8. The van der Waals surface area contributed by atoms with Crippen LogP contribution in [0.5, 0.6) is 0 Å². The number of aromatic nitrogens is 2. The Balaban J connectivity index is 1.48. The molecule has 22 heavy (non-hydrogen) atoms. The van der Waals surface area contributed by atoms with Crippen molar-refractivity contribution in [1.82, 2.24) is 14.9 Å². The summed E-state index contributed by atoms with van der Waals surface area (Å²) in [5, 5.41) is 3.39. The van der Waals surface area contributed by atoms with Gasteiger partial charge in [-0.2, -0.15) is 0 Å². The Bertz CT molecular complexity index is 747. The molecule has 3 rings (SSSR count). The molecule has 0 atom stereocenters. The molecule has 0 aliphatic heterocycles. The lowest BCUT2D eigenvalue weighted by Gasteiger charge is -2.07. The molecule has 0 saturated carbocycles. The summed E-state index contributed by atoms with van der Waals surface area (Å²) in [6.07, 6.45) is 2.94. The third-order valence-corrected chi connectivity index (χ3v) is 3.77.